The summed E-state index contributed by atoms with van der Waals surface area (Å²) in [6, 6.07) is 8.42. The van der Waals surface area contributed by atoms with Crippen LogP contribution in [0.25, 0.3) is 4.96 Å². The first-order valence-corrected chi connectivity index (χ1v) is 7.58. The van der Waals surface area contributed by atoms with Crippen molar-refractivity contribution >= 4 is 22.0 Å². The van der Waals surface area contributed by atoms with Crippen molar-refractivity contribution in [2.45, 2.75) is 26.7 Å². The van der Waals surface area contributed by atoms with E-state index < -0.39 is 0 Å². The van der Waals surface area contributed by atoms with Gasteiger partial charge in [0.25, 0.3) is 0 Å². The first-order chi connectivity index (χ1) is 9.76. The third kappa shape index (κ3) is 2.65. The largest absolute Gasteiger partial charge is 0.385 e. The lowest BCUT2D eigenvalue weighted by molar-refractivity contribution is 0.808. The molecule has 0 amide bonds. The minimum Gasteiger partial charge on any atom is -0.385 e. The lowest BCUT2D eigenvalue weighted by Gasteiger charge is -2.04. The number of nitrogens with zero attached hydrogens (tertiary/aromatic N) is 4. The molecule has 0 aliphatic carbocycles. The highest BCUT2D eigenvalue weighted by atomic mass is 32.1. The van der Waals surface area contributed by atoms with Crippen molar-refractivity contribution in [2.75, 3.05) is 11.9 Å². The quantitative estimate of drug-likeness (QED) is 0.784. The van der Waals surface area contributed by atoms with Gasteiger partial charge in [-0.3, -0.25) is 0 Å². The van der Waals surface area contributed by atoms with Gasteiger partial charge in [-0.15, -0.1) is 10.2 Å². The van der Waals surface area contributed by atoms with Gasteiger partial charge in [-0.05, 0) is 19.1 Å². The Morgan fingerprint density at radius 1 is 1.20 bits per heavy atom. The molecule has 2 aromatic heterocycles. The van der Waals surface area contributed by atoms with Crippen LogP contribution in [0.2, 0.25) is 0 Å². The van der Waals surface area contributed by atoms with E-state index in [1.807, 2.05) is 4.52 Å². The molecule has 6 heteroatoms. The highest BCUT2D eigenvalue weighted by Gasteiger charge is 2.09. The van der Waals surface area contributed by atoms with Gasteiger partial charge in [-0.1, -0.05) is 36.0 Å². The van der Waals surface area contributed by atoms with E-state index in [1.54, 1.807) is 11.3 Å². The van der Waals surface area contributed by atoms with Crippen molar-refractivity contribution in [3.63, 3.8) is 0 Å². The van der Waals surface area contributed by atoms with E-state index in [0.717, 1.165) is 40.9 Å². The number of rotatable bonds is 5. The van der Waals surface area contributed by atoms with Crippen LogP contribution in [0.5, 0.6) is 0 Å². The number of fused-ring (bicyclic) bond motifs is 1. The Kier molecular flexibility index (Phi) is 3.64. The molecule has 3 rings (SSSR count). The van der Waals surface area contributed by atoms with Crippen LogP contribution in [0.4, 0.5) is 5.69 Å². The normalized spacial score (nSPS) is 11.1. The lowest BCUT2D eigenvalue weighted by Crippen LogP contribution is -2.05. The number of aromatic nitrogens is 4. The molecule has 0 saturated carbocycles. The number of hydrogen-bond donors (Lipinski definition) is 1. The van der Waals surface area contributed by atoms with Crippen molar-refractivity contribution in [2.24, 2.45) is 0 Å². The van der Waals surface area contributed by atoms with Crippen LogP contribution in [0.3, 0.4) is 0 Å². The van der Waals surface area contributed by atoms with E-state index in [1.165, 1.54) is 5.56 Å². The maximum absolute atomic E-state index is 4.56. The minimum atomic E-state index is 0.853. The van der Waals surface area contributed by atoms with Crippen molar-refractivity contribution < 1.29 is 0 Å². The molecule has 0 aliphatic heterocycles. The molecule has 0 radical (unpaired) electrons. The molecule has 0 spiro atoms. The number of benzene rings is 1. The molecule has 2 heterocycles. The van der Waals surface area contributed by atoms with E-state index in [2.05, 4.69) is 58.7 Å². The molecule has 1 N–H and O–H groups in total. The van der Waals surface area contributed by atoms with Crippen molar-refractivity contribution in [1.29, 1.82) is 0 Å². The Hall–Kier alpha value is -1.95. The first-order valence-electron chi connectivity index (χ1n) is 6.77. The summed E-state index contributed by atoms with van der Waals surface area (Å²) in [7, 11) is 0. The molecular formula is C14H17N5S. The predicted molar refractivity (Wildman–Crippen MR) is 81.4 cm³/mol. The Morgan fingerprint density at radius 3 is 2.75 bits per heavy atom. The van der Waals surface area contributed by atoms with Crippen LogP contribution >= 0.6 is 11.3 Å². The Bertz CT molecular complexity index is 698. The smallest absolute Gasteiger partial charge is 0.234 e. The molecule has 104 valence electrons. The Labute approximate surface area is 121 Å². The zero-order chi connectivity index (χ0) is 13.9. The van der Waals surface area contributed by atoms with Gasteiger partial charge in [0.05, 0.1) is 0 Å². The van der Waals surface area contributed by atoms with Gasteiger partial charge in [-0.25, -0.2) is 0 Å². The average Bonchev–Trinajstić information content (AvgIpc) is 3.00. The molecule has 0 saturated heterocycles. The van der Waals surface area contributed by atoms with Gasteiger partial charge in [0.15, 0.2) is 5.82 Å². The molecule has 0 aliphatic rings. The number of aryl methyl sites for hydroxylation is 2. The highest BCUT2D eigenvalue weighted by molar-refractivity contribution is 7.16. The summed E-state index contributed by atoms with van der Waals surface area (Å²) in [5.74, 6) is 0.925. The van der Waals surface area contributed by atoms with Crippen molar-refractivity contribution in [1.82, 2.24) is 19.8 Å². The van der Waals surface area contributed by atoms with Crippen LogP contribution in [-0.2, 0) is 12.8 Å². The lowest BCUT2D eigenvalue weighted by atomic mass is 10.2. The van der Waals surface area contributed by atoms with Crippen LogP contribution in [0.1, 0.15) is 23.3 Å². The van der Waals surface area contributed by atoms with Crippen LogP contribution in [0.15, 0.2) is 24.3 Å². The SMILES string of the molecule is CCc1nnc2sc(CCNc3ccc(C)cc3)nn12. The molecular weight excluding hydrogens is 270 g/mol. The molecule has 0 bridgehead atoms. The van der Waals surface area contributed by atoms with E-state index in [4.69, 9.17) is 0 Å². The molecule has 0 unspecified atom stereocenters. The summed E-state index contributed by atoms with van der Waals surface area (Å²) in [5, 5.41) is 17.3. The number of hydrogen-bond acceptors (Lipinski definition) is 5. The standard InChI is InChI=1S/C14H17N5S/c1-3-12-16-17-14-19(12)18-13(20-14)8-9-15-11-6-4-10(2)5-7-11/h4-7,15H,3,8-9H2,1-2H3. The number of anilines is 1. The highest BCUT2D eigenvalue weighted by Crippen LogP contribution is 2.15. The third-order valence-electron chi connectivity index (χ3n) is 3.13. The second kappa shape index (κ2) is 5.58. The predicted octanol–water partition coefficient (Wildman–Crippen LogP) is 2.71. The summed E-state index contributed by atoms with van der Waals surface area (Å²) < 4.78 is 1.85. The van der Waals surface area contributed by atoms with Crippen LogP contribution in [0, 0.1) is 6.92 Å². The molecule has 1 aromatic carbocycles. The van der Waals surface area contributed by atoms with E-state index in [-0.39, 0.29) is 0 Å². The second-order valence-corrected chi connectivity index (χ2v) is 5.74. The van der Waals surface area contributed by atoms with Gasteiger partial charge < -0.3 is 5.32 Å². The fraction of sp³-hybridized carbons (Fsp3) is 0.357. The van der Waals surface area contributed by atoms with E-state index in [0.29, 0.717) is 0 Å². The Balaban J connectivity index is 1.62. The zero-order valence-corrected chi connectivity index (χ0v) is 12.4. The zero-order valence-electron chi connectivity index (χ0n) is 11.6. The fourth-order valence-corrected chi connectivity index (χ4v) is 2.86. The van der Waals surface area contributed by atoms with Gasteiger partial charge >= 0.3 is 0 Å². The van der Waals surface area contributed by atoms with Crippen LogP contribution in [-0.4, -0.2) is 26.4 Å². The van der Waals surface area contributed by atoms with Crippen LogP contribution < -0.4 is 5.32 Å². The minimum absolute atomic E-state index is 0.853. The molecule has 3 aromatic rings. The fourth-order valence-electron chi connectivity index (χ4n) is 2.00. The second-order valence-electron chi connectivity index (χ2n) is 4.70. The third-order valence-corrected chi connectivity index (χ3v) is 4.09. The summed E-state index contributed by atoms with van der Waals surface area (Å²) in [6.07, 6.45) is 1.75. The van der Waals surface area contributed by atoms with Gasteiger partial charge in [0.1, 0.15) is 5.01 Å². The van der Waals surface area contributed by atoms with Crippen molar-refractivity contribution in [3.8, 4) is 0 Å². The molecule has 20 heavy (non-hydrogen) atoms. The maximum Gasteiger partial charge on any atom is 0.234 e. The Morgan fingerprint density at radius 2 is 2.00 bits per heavy atom. The summed E-state index contributed by atoms with van der Waals surface area (Å²) in [5.41, 5.74) is 2.42. The monoisotopic (exact) mass is 287 g/mol. The van der Waals surface area contributed by atoms with Crippen molar-refractivity contribution in [3.05, 3.63) is 40.7 Å². The average molecular weight is 287 g/mol. The van der Waals surface area contributed by atoms with E-state index >= 15 is 0 Å². The first kappa shape index (κ1) is 13.1. The van der Waals surface area contributed by atoms with Gasteiger partial charge in [0, 0.05) is 25.1 Å². The molecule has 0 fully saturated rings. The summed E-state index contributed by atoms with van der Waals surface area (Å²) in [6.45, 7) is 5.03. The summed E-state index contributed by atoms with van der Waals surface area (Å²) in [4.78, 5) is 0.882. The van der Waals surface area contributed by atoms with E-state index in [9.17, 15) is 0 Å². The topological polar surface area (TPSA) is 55.1 Å². The van der Waals surface area contributed by atoms with Gasteiger partial charge in [-0.2, -0.15) is 9.61 Å². The van der Waals surface area contributed by atoms with Gasteiger partial charge in [0.2, 0.25) is 4.96 Å². The number of nitrogens with one attached hydrogen (secondary N) is 1. The summed E-state index contributed by atoms with van der Waals surface area (Å²) >= 11 is 1.61. The maximum atomic E-state index is 4.56. The molecule has 0 atom stereocenters. The molecule has 5 nitrogen and oxygen atoms in total.